The molecule has 97 heavy (non-hydrogen) atoms. The van der Waals surface area contributed by atoms with Crippen molar-refractivity contribution in [3.8, 4) is 45.4 Å². The molecule has 0 unspecified atom stereocenters. The van der Waals surface area contributed by atoms with E-state index in [1.54, 1.807) is 0 Å². The van der Waals surface area contributed by atoms with Gasteiger partial charge in [0.15, 0.2) is 0 Å². The Morgan fingerprint density at radius 2 is 0.680 bits per heavy atom. The van der Waals surface area contributed by atoms with Crippen molar-refractivity contribution in [3.63, 3.8) is 0 Å². The minimum absolute atomic E-state index is 0.0219. The molecule has 2 aliphatic rings. The van der Waals surface area contributed by atoms with E-state index in [0.717, 1.165) is 84.8 Å². The van der Waals surface area contributed by atoms with E-state index in [4.69, 9.17) is 14.7 Å². The van der Waals surface area contributed by atoms with Gasteiger partial charge in [0.05, 0.1) is 39.1 Å². The zero-order valence-electron chi connectivity index (χ0n) is 62.4. The standard InChI is InChI=1S/C90H100BN5O/c1-83(2,3)53-31-39-71-61(43-53)62-44-54(84(4,5)6)32-40-72(62)94(71)59-35-37-67-75(51-59)96(82-65(69-27-25-29-79(92-69)89(19,20)21)47-57(87(13,14)15)48-66(82)70-28-26-30-80(93-70)90(22,23)24)76-49-58(88(16,17)18)50-78-81(76)91(67)68-38-36-60(52-77(68)97-78)95-73-41-33-55(85(7,8)9)45-63(73)64-46-56(86(10,11)12)34-42-74(64)95/h25-52H,1-24H3. The van der Waals surface area contributed by atoms with Crippen molar-refractivity contribution in [1.29, 1.82) is 0 Å². The van der Waals surface area contributed by atoms with Crippen molar-refractivity contribution in [2.45, 2.75) is 209 Å². The summed E-state index contributed by atoms with van der Waals surface area (Å²) in [5.41, 5.74) is 26.0. The van der Waals surface area contributed by atoms with E-state index in [1.165, 1.54) is 82.5 Å². The molecule has 0 N–H and O–H groups in total. The minimum atomic E-state index is -0.283. The Morgan fingerprint density at radius 3 is 1.06 bits per heavy atom. The van der Waals surface area contributed by atoms with Crippen molar-refractivity contribution in [2.24, 2.45) is 0 Å². The summed E-state index contributed by atoms with van der Waals surface area (Å²) in [6.07, 6.45) is 0. The van der Waals surface area contributed by atoms with Crippen LogP contribution < -0.4 is 26.0 Å². The summed E-state index contributed by atoms with van der Waals surface area (Å²) in [5, 5.41) is 5.03. The maximum absolute atomic E-state index is 7.73. The van der Waals surface area contributed by atoms with Gasteiger partial charge >= 0.3 is 0 Å². The SMILES string of the molecule is CC(C)(C)c1cc(-c2cccc(C(C)(C)C)n2)c(N2c3cc(-n4c5ccc(C(C)(C)C)cc5c5cc(C(C)(C)C)ccc54)ccc3B3c4ccc(-n5c6ccc(C(C)(C)C)cc6c6cc(C(C)(C)C)ccc65)cc4Oc4cc(C(C)(C)C)cc2c43)c(-c2cccc(C(C)(C)C)n2)c1. The molecule has 2 aliphatic heterocycles. The van der Waals surface area contributed by atoms with Crippen LogP contribution in [0.5, 0.6) is 11.5 Å². The number of ether oxygens (including phenoxy) is 1. The Balaban J connectivity index is 1.11. The van der Waals surface area contributed by atoms with Crippen LogP contribution in [0.2, 0.25) is 0 Å². The monoisotopic (exact) mass is 1280 g/mol. The Hall–Kier alpha value is -8.68. The van der Waals surface area contributed by atoms with Gasteiger partial charge in [-0.15, -0.1) is 0 Å². The molecule has 8 aromatic carbocycles. The summed E-state index contributed by atoms with van der Waals surface area (Å²) in [5.74, 6) is 1.72. The van der Waals surface area contributed by atoms with Crippen molar-refractivity contribution in [1.82, 2.24) is 19.1 Å². The third-order valence-electron chi connectivity index (χ3n) is 20.9. The van der Waals surface area contributed by atoms with Gasteiger partial charge in [-0.25, -0.2) is 0 Å². The number of fused-ring (bicyclic) bond motifs is 10. The van der Waals surface area contributed by atoms with Crippen LogP contribution >= 0.6 is 0 Å². The summed E-state index contributed by atoms with van der Waals surface area (Å²) in [6.45, 7) is 55.2. The first-order valence-electron chi connectivity index (χ1n) is 35.4. The normalized spacial score (nSPS) is 14.0. The van der Waals surface area contributed by atoms with Crippen LogP contribution in [0.25, 0.3) is 77.5 Å². The second kappa shape index (κ2) is 21.9. The van der Waals surface area contributed by atoms with Crippen molar-refractivity contribution in [3.05, 3.63) is 215 Å². The van der Waals surface area contributed by atoms with Crippen LogP contribution in [-0.4, -0.2) is 25.8 Å². The maximum Gasteiger partial charge on any atom is 0.256 e. The fourth-order valence-electron chi connectivity index (χ4n) is 14.8. The average Bonchev–Trinajstić information content (AvgIpc) is 1.16. The van der Waals surface area contributed by atoms with E-state index in [9.17, 15) is 0 Å². The molecule has 0 saturated carbocycles. The minimum Gasteiger partial charge on any atom is -0.458 e. The van der Waals surface area contributed by atoms with Crippen LogP contribution in [0.15, 0.2) is 170 Å². The number of aromatic nitrogens is 4. The number of hydrogen-bond donors (Lipinski definition) is 0. The first kappa shape index (κ1) is 65.6. The molecule has 6 heterocycles. The highest BCUT2D eigenvalue weighted by atomic mass is 16.5. The van der Waals surface area contributed by atoms with Gasteiger partial charge in [-0.1, -0.05) is 215 Å². The van der Waals surface area contributed by atoms with Gasteiger partial charge in [0.2, 0.25) is 0 Å². The highest BCUT2D eigenvalue weighted by Gasteiger charge is 2.45. The molecular weight excluding hydrogens is 1180 g/mol. The molecule has 0 aliphatic carbocycles. The summed E-state index contributed by atoms with van der Waals surface area (Å²) in [4.78, 5) is 14.1. The number of benzene rings is 8. The molecule has 0 atom stereocenters. The van der Waals surface area contributed by atoms with E-state index < -0.39 is 0 Å². The molecular formula is C90H100BN5O. The zero-order chi connectivity index (χ0) is 69.6. The number of anilines is 3. The third kappa shape index (κ3) is 11.3. The predicted molar refractivity (Wildman–Crippen MR) is 417 cm³/mol. The van der Waals surface area contributed by atoms with Crippen LogP contribution in [-0.2, 0) is 43.3 Å². The highest BCUT2D eigenvalue weighted by Crippen LogP contribution is 2.53. The number of pyridine rings is 2. The van der Waals surface area contributed by atoms with Gasteiger partial charge < -0.3 is 18.8 Å². The lowest BCUT2D eigenvalue weighted by Gasteiger charge is -2.42. The second-order valence-electron chi connectivity index (χ2n) is 36.6. The first-order valence-corrected chi connectivity index (χ1v) is 35.4. The molecule has 494 valence electrons. The zero-order valence-corrected chi connectivity index (χ0v) is 62.4. The van der Waals surface area contributed by atoms with Gasteiger partial charge in [0, 0.05) is 83.7 Å². The molecule has 0 radical (unpaired) electrons. The van der Waals surface area contributed by atoms with Crippen LogP contribution in [0.4, 0.5) is 17.1 Å². The molecule has 14 rings (SSSR count). The van der Waals surface area contributed by atoms with Crippen LogP contribution in [0.1, 0.15) is 211 Å². The summed E-state index contributed by atoms with van der Waals surface area (Å²) < 4.78 is 12.7. The first-order chi connectivity index (χ1) is 45.1. The number of hydrogen-bond acceptors (Lipinski definition) is 4. The Bertz CT molecular complexity index is 5000. The number of rotatable bonds is 5. The van der Waals surface area contributed by atoms with Crippen LogP contribution in [0, 0.1) is 0 Å². The van der Waals surface area contributed by atoms with Crippen molar-refractivity contribution < 1.29 is 4.74 Å². The molecule has 4 aromatic heterocycles. The fourth-order valence-corrected chi connectivity index (χ4v) is 14.8. The smallest absolute Gasteiger partial charge is 0.256 e. The lowest BCUT2D eigenvalue weighted by molar-refractivity contribution is 0.483. The molecule has 0 bridgehead atoms. The Labute approximate surface area is 578 Å². The molecule has 6 nitrogen and oxygen atoms in total. The topological polar surface area (TPSA) is 48.1 Å². The number of nitrogens with zero attached hydrogens (tertiary/aromatic N) is 5. The van der Waals surface area contributed by atoms with E-state index in [0.29, 0.717) is 0 Å². The van der Waals surface area contributed by atoms with Gasteiger partial charge in [0.1, 0.15) is 11.5 Å². The molecule has 0 fully saturated rings. The average molecular weight is 1280 g/mol. The maximum atomic E-state index is 7.73. The van der Waals surface area contributed by atoms with Gasteiger partial charge in [-0.2, -0.15) is 0 Å². The van der Waals surface area contributed by atoms with Gasteiger partial charge in [-0.05, 0) is 198 Å². The summed E-state index contributed by atoms with van der Waals surface area (Å²) >= 11 is 0. The van der Waals surface area contributed by atoms with Crippen molar-refractivity contribution >= 4 is 83.8 Å². The van der Waals surface area contributed by atoms with Crippen molar-refractivity contribution in [2.75, 3.05) is 4.90 Å². The largest absolute Gasteiger partial charge is 0.458 e. The second-order valence-corrected chi connectivity index (χ2v) is 36.6. The fraction of sp³-hybridized carbons (Fsp3) is 0.356. The summed E-state index contributed by atoms with van der Waals surface area (Å²) in [7, 11) is 0. The van der Waals surface area contributed by atoms with E-state index in [1.807, 2.05) is 0 Å². The summed E-state index contributed by atoms with van der Waals surface area (Å²) in [6, 6.07) is 66.0. The third-order valence-corrected chi connectivity index (χ3v) is 20.9. The van der Waals surface area contributed by atoms with E-state index in [2.05, 4.69) is 350 Å². The van der Waals surface area contributed by atoms with Gasteiger partial charge in [-0.3, -0.25) is 9.97 Å². The lowest BCUT2D eigenvalue weighted by atomic mass is 9.34. The molecule has 12 aromatic rings. The molecule has 0 spiro atoms. The highest BCUT2D eigenvalue weighted by molar-refractivity contribution is 6.99. The Morgan fingerprint density at radius 1 is 0.309 bits per heavy atom. The quantitative estimate of drug-likeness (QED) is 0.161. The van der Waals surface area contributed by atoms with E-state index >= 15 is 0 Å². The lowest BCUT2D eigenvalue weighted by Crippen LogP contribution is -2.59. The molecule has 7 heteroatoms. The van der Waals surface area contributed by atoms with E-state index in [-0.39, 0.29) is 50.0 Å². The van der Waals surface area contributed by atoms with Gasteiger partial charge in [0.25, 0.3) is 6.71 Å². The molecule has 0 amide bonds. The Kier molecular flexibility index (Phi) is 14.8. The van der Waals surface area contributed by atoms with Crippen LogP contribution in [0.3, 0.4) is 0 Å². The molecule has 0 saturated heterocycles. The predicted octanol–water partition coefficient (Wildman–Crippen LogP) is 22.8.